The SMILES string of the molecule is CCCCCCCC/C=C\CCCCCCCC(=O)OCC(COC(=O)CCCN(C)CCN(CC)CC)OC(=O)CCCCCCC/C=C\CCCCCCCC. The number of hydrogen-bond acceptors (Lipinski definition) is 8. The van der Waals surface area contributed by atoms with E-state index < -0.39 is 6.10 Å². The number of likely N-dealkylation sites (N-methyl/N-ethyl adjacent to an activating group) is 2. The molecule has 8 nitrogen and oxygen atoms in total. The largest absolute Gasteiger partial charge is 0.462 e. The third-order valence-corrected chi connectivity index (χ3v) is 11.1. The van der Waals surface area contributed by atoms with Gasteiger partial charge in [0, 0.05) is 32.4 Å². The minimum absolute atomic E-state index is 0.0939. The third-order valence-electron chi connectivity index (χ3n) is 11.1. The molecule has 340 valence electrons. The molecule has 0 saturated carbocycles. The molecule has 0 aliphatic heterocycles. The first-order valence-electron chi connectivity index (χ1n) is 24.6. The van der Waals surface area contributed by atoms with E-state index in [0.717, 1.165) is 90.5 Å². The molecule has 0 amide bonds. The smallest absolute Gasteiger partial charge is 0.306 e. The Bertz CT molecular complexity index is 981. The van der Waals surface area contributed by atoms with Crippen LogP contribution < -0.4 is 0 Å². The highest BCUT2D eigenvalue weighted by molar-refractivity contribution is 5.71. The summed E-state index contributed by atoms with van der Waals surface area (Å²) >= 11 is 0. The summed E-state index contributed by atoms with van der Waals surface area (Å²) in [5.41, 5.74) is 0. The molecule has 0 N–H and O–H groups in total. The second-order valence-corrected chi connectivity index (χ2v) is 16.6. The summed E-state index contributed by atoms with van der Waals surface area (Å²) < 4.78 is 16.8. The van der Waals surface area contributed by atoms with Crippen molar-refractivity contribution in [1.29, 1.82) is 0 Å². The maximum atomic E-state index is 12.8. The summed E-state index contributed by atoms with van der Waals surface area (Å²) in [6.45, 7) is 13.5. The van der Waals surface area contributed by atoms with Crippen LogP contribution in [0.5, 0.6) is 0 Å². The normalized spacial score (nSPS) is 12.3. The summed E-state index contributed by atoms with van der Waals surface area (Å²) in [5, 5.41) is 0. The number of rotatable bonds is 44. The number of nitrogens with zero attached hydrogens (tertiary/aromatic N) is 2. The van der Waals surface area contributed by atoms with Crippen molar-refractivity contribution in [2.45, 2.75) is 226 Å². The predicted octanol–water partition coefficient (Wildman–Crippen LogP) is 13.1. The van der Waals surface area contributed by atoms with Gasteiger partial charge in [0.15, 0.2) is 6.10 Å². The molecule has 0 saturated heterocycles. The van der Waals surface area contributed by atoms with E-state index in [1.54, 1.807) is 0 Å². The summed E-state index contributed by atoms with van der Waals surface area (Å²) in [4.78, 5) is 42.6. The Morgan fingerprint density at radius 2 is 0.793 bits per heavy atom. The van der Waals surface area contributed by atoms with Crippen LogP contribution in [0.2, 0.25) is 0 Å². The van der Waals surface area contributed by atoms with Gasteiger partial charge in [-0.3, -0.25) is 14.4 Å². The Kier molecular flexibility index (Phi) is 42.7. The zero-order valence-electron chi connectivity index (χ0n) is 38.9. The van der Waals surface area contributed by atoms with Crippen LogP contribution in [0.25, 0.3) is 0 Å². The fourth-order valence-electron chi connectivity index (χ4n) is 7.01. The maximum absolute atomic E-state index is 12.8. The Hall–Kier alpha value is -2.19. The van der Waals surface area contributed by atoms with Gasteiger partial charge in [0.1, 0.15) is 13.2 Å². The molecule has 0 heterocycles. The number of hydrogen-bond donors (Lipinski definition) is 0. The number of ether oxygens (including phenoxy) is 3. The molecule has 1 unspecified atom stereocenters. The number of carbonyl (C=O) groups excluding carboxylic acids is 3. The standard InChI is InChI=1S/C50H94N2O6/c1-6-10-12-14-16-18-20-22-24-26-28-30-32-34-36-39-48(53)56-45-47(46-57-49(54)41-38-42-51(5)43-44-52(8-3)9-4)58-50(55)40-37-35-33-31-29-27-25-23-21-19-17-15-13-11-7-2/h22-25,47H,6-21,26-46H2,1-5H3/b24-22-,25-23-. The van der Waals surface area contributed by atoms with E-state index >= 15 is 0 Å². The quantitative estimate of drug-likeness (QED) is 0.0260. The number of esters is 3. The Morgan fingerprint density at radius 3 is 1.21 bits per heavy atom. The first-order chi connectivity index (χ1) is 28.4. The minimum atomic E-state index is -0.797. The Balaban J connectivity index is 4.45. The van der Waals surface area contributed by atoms with Crippen molar-refractivity contribution in [3.05, 3.63) is 24.3 Å². The van der Waals surface area contributed by atoms with Crippen LogP contribution in [0, 0.1) is 0 Å². The fraction of sp³-hybridized carbons (Fsp3) is 0.860. The third kappa shape index (κ3) is 40.6. The number of allylic oxidation sites excluding steroid dienone is 4. The monoisotopic (exact) mass is 819 g/mol. The van der Waals surface area contributed by atoms with Crippen molar-refractivity contribution in [2.24, 2.45) is 0 Å². The Labute approximate surface area is 359 Å². The van der Waals surface area contributed by atoms with E-state index in [9.17, 15) is 14.4 Å². The van der Waals surface area contributed by atoms with E-state index in [2.05, 4.69) is 68.8 Å². The van der Waals surface area contributed by atoms with Crippen LogP contribution in [0.1, 0.15) is 220 Å². The highest BCUT2D eigenvalue weighted by Crippen LogP contribution is 2.13. The van der Waals surface area contributed by atoms with Gasteiger partial charge in [-0.25, -0.2) is 0 Å². The molecule has 0 aromatic carbocycles. The van der Waals surface area contributed by atoms with Crippen molar-refractivity contribution in [3.8, 4) is 0 Å². The van der Waals surface area contributed by atoms with Crippen molar-refractivity contribution in [1.82, 2.24) is 9.80 Å². The van der Waals surface area contributed by atoms with Gasteiger partial charge in [-0.15, -0.1) is 0 Å². The van der Waals surface area contributed by atoms with Gasteiger partial charge >= 0.3 is 17.9 Å². The summed E-state index contributed by atoms with van der Waals surface area (Å²) in [6.07, 6.45) is 41.4. The van der Waals surface area contributed by atoms with E-state index in [-0.39, 0.29) is 31.1 Å². The molecule has 0 aliphatic rings. The molecular weight excluding hydrogens is 725 g/mol. The van der Waals surface area contributed by atoms with Gasteiger partial charge in [-0.05, 0) is 97.3 Å². The summed E-state index contributed by atoms with van der Waals surface area (Å²) in [7, 11) is 2.08. The van der Waals surface area contributed by atoms with E-state index in [4.69, 9.17) is 14.2 Å². The van der Waals surface area contributed by atoms with Gasteiger partial charge in [-0.2, -0.15) is 0 Å². The van der Waals surface area contributed by atoms with Crippen LogP contribution in [-0.4, -0.2) is 86.8 Å². The molecule has 58 heavy (non-hydrogen) atoms. The lowest BCUT2D eigenvalue weighted by molar-refractivity contribution is -0.167. The van der Waals surface area contributed by atoms with Crippen LogP contribution >= 0.6 is 0 Å². The van der Waals surface area contributed by atoms with Crippen LogP contribution in [0.3, 0.4) is 0 Å². The molecule has 1 atom stereocenters. The van der Waals surface area contributed by atoms with Crippen molar-refractivity contribution in [2.75, 3.05) is 53.0 Å². The minimum Gasteiger partial charge on any atom is -0.462 e. The van der Waals surface area contributed by atoms with Gasteiger partial charge in [0.05, 0.1) is 0 Å². The molecular formula is C50H94N2O6. The second kappa shape index (κ2) is 44.4. The van der Waals surface area contributed by atoms with Crippen molar-refractivity contribution < 1.29 is 28.6 Å². The van der Waals surface area contributed by atoms with Crippen LogP contribution in [-0.2, 0) is 28.6 Å². The topological polar surface area (TPSA) is 85.4 Å². The lowest BCUT2D eigenvalue weighted by atomic mass is 10.1. The lowest BCUT2D eigenvalue weighted by Gasteiger charge is -2.23. The van der Waals surface area contributed by atoms with E-state index in [0.29, 0.717) is 25.7 Å². The maximum Gasteiger partial charge on any atom is 0.306 e. The van der Waals surface area contributed by atoms with Gasteiger partial charge in [0.25, 0.3) is 0 Å². The van der Waals surface area contributed by atoms with E-state index in [1.807, 2.05) is 0 Å². The average Bonchev–Trinajstić information content (AvgIpc) is 3.22. The average molecular weight is 819 g/mol. The molecule has 0 fully saturated rings. The highest BCUT2D eigenvalue weighted by atomic mass is 16.6. The first-order valence-corrected chi connectivity index (χ1v) is 24.6. The van der Waals surface area contributed by atoms with Crippen LogP contribution in [0.15, 0.2) is 24.3 Å². The number of carbonyl (C=O) groups is 3. The zero-order chi connectivity index (χ0) is 42.6. The second-order valence-electron chi connectivity index (χ2n) is 16.6. The fourth-order valence-corrected chi connectivity index (χ4v) is 7.01. The first kappa shape index (κ1) is 55.8. The van der Waals surface area contributed by atoms with Crippen molar-refractivity contribution >= 4 is 17.9 Å². The Morgan fingerprint density at radius 1 is 0.431 bits per heavy atom. The lowest BCUT2D eigenvalue weighted by Crippen LogP contribution is -2.33. The molecule has 0 aromatic rings. The highest BCUT2D eigenvalue weighted by Gasteiger charge is 2.19. The number of unbranched alkanes of at least 4 members (excludes halogenated alkanes) is 22. The molecule has 0 spiro atoms. The molecule has 0 rings (SSSR count). The molecule has 0 aromatic heterocycles. The van der Waals surface area contributed by atoms with Gasteiger partial charge < -0.3 is 24.0 Å². The van der Waals surface area contributed by atoms with Gasteiger partial charge in [0.2, 0.25) is 0 Å². The van der Waals surface area contributed by atoms with Crippen molar-refractivity contribution in [3.63, 3.8) is 0 Å². The summed E-state index contributed by atoms with van der Waals surface area (Å²) in [5.74, 6) is -0.952. The molecule has 0 radical (unpaired) electrons. The summed E-state index contributed by atoms with van der Waals surface area (Å²) in [6, 6.07) is 0. The predicted molar refractivity (Wildman–Crippen MR) is 245 cm³/mol. The molecule has 0 bridgehead atoms. The molecule has 8 heteroatoms. The molecule has 0 aliphatic carbocycles. The zero-order valence-corrected chi connectivity index (χ0v) is 38.9. The van der Waals surface area contributed by atoms with Crippen LogP contribution in [0.4, 0.5) is 0 Å². The van der Waals surface area contributed by atoms with Gasteiger partial charge in [-0.1, -0.05) is 155 Å². The van der Waals surface area contributed by atoms with E-state index in [1.165, 1.54) is 109 Å².